The molecule has 7 nitrogen and oxygen atoms in total. The highest BCUT2D eigenvalue weighted by atomic mass is 16.5. The topological polar surface area (TPSA) is 84.0 Å². The van der Waals surface area contributed by atoms with Crippen molar-refractivity contribution in [1.29, 1.82) is 0 Å². The molecule has 0 aromatic heterocycles. The summed E-state index contributed by atoms with van der Waals surface area (Å²) >= 11 is 0. The number of nitrogens with zero attached hydrogens (tertiary/aromatic N) is 1. The van der Waals surface area contributed by atoms with Crippen LogP contribution in [0.5, 0.6) is 0 Å². The molecule has 0 spiro atoms. The molecule has 28 heavy (non-hydrogen) atoms. The van der Waals surface area contributed by atoms with Crippen LogP contribution < -0.4 is 16.0 Å². The number of benzene rings is 1. The van der Waals surface area contributed by atoms with E-state index in [0.29, 0.717) is 13.0 Å². The second kappa shape index (κ2) is 13.1. The number of carbonyl (C=O) groups excluding carboxylic acids is 1. The highest BCUT2D eigenvalue weighted by Gasteiger charge is 2.15. The summed E-state index contributed by atoms with van der Waals surface area (Å²) in [6.45, 7) is 8.50. The molecule has 1 aromatic carbocycles. The van der Waals surface area contributed by atoms with E-state index in [0.717, 1.165) is 69.4 Å². The number of guanidine groups is 1. The summed E-state index contributed by atoms with van der Waals surface area (Å²) < 4.78 is 11.1. The maximum absolute atomic E-state index is 11.6. The van der Waals surface area contributed by atoms with E-state index >= 15 is 0 Å². The number of amides is 1. The van der Waals surface area contributed by atoms with Crippen molar-refractivity contribution in [3.05, 3.63) is 29.8 Å². The summed E-state index contributed by atoms with van der Waals surface area (Å²) in [7, 11) is 0. The predicted molar refractivity (Wildman–Crippen MR) is 113 cm³/mol. The highest BCUT2D eigenvalue weighted by Crippen LogP contribution is 2.11. The number of nitrogens with one attached hydrogen (secondary N) is 3. The standard InChI is InChI=1S/C21H34N4O3/c1-3-6-20(26)25-18-9-7-17(8-10-18)15-24-21(22-4-2)23-12-5-13-28-19-11-14-27-16-19/h7-10,19H,3-6,11-16H2,1-2H3,(H,25,26)(H2,22,23,24). The van der Waals surface area contributed by atoms with E-state index < -0.39 is 0 Å². The van der Waals surface area contributed by atoms with Gasteiger partial charge in [0.1, 0.15) is 0 Å². The quantitative estimate of drug-likeness (QED) is 0.307. The molecule has 1 fully saturated rings. The minimum Gasteiger partial charge on any atom is -0.379 e. The Bertz CT molecular complexity index is 598. The van der Waals surface area contributed by atoms with Crippen LogP contribution in [-0.4, -0.2) is 50.9 Å². The third-order valence-electron chi connectivity index (χ3n) is 4.33. The molecule has 1 heterocycles. The molecule has 0 aliphatic carbocycles. The largest absolute Gasteiger partial charge is 0.379 e. The Morgan fingerprint density at radius 3 is 2.75 bits per heavy atom. The van der Waals surface area contributed by atoms with Crippen molar-refractivity contribution in [2.45, 2.75) is 52.2 Å². The van der Waals surface area contributed by atoms with Crippen LogP contribution in [0.1, 0.15) is 45.1 Å². The molecule has 156 valence electrons. The third-order valence-corrected chi connectivity index (χ3v) is 4.33. The first-order valence-corrected chi connectivity index (χ1v) is 10.3. The SMILES string of the molecule is CCCC(=O)Nc1ccc(CN=C(NCC)NCCCOC2CCOC2)cc1. The van der Waals surface area contributed by atoms with Gasteiger partial charge in [-0.15, -0.1) is 0 Å². The lowest BCUT2D eigenvalue weighted by Crippen LogP contribution is -2.38. The number of aliphatic imine (C=N–C) groups is 1. The minimum atomic E-state index is 0.0522. The molecular formula is C21H34N4O3. The zero-order valence-corrected chi connectivity index (χ0v) is 17.1. The lowest BCUT2D eigenvalue weighted by Gasteiger charge is -2.13. The Morgan fingerprint density at radius 2 is 2.07 bits per heavy atom. The summed E-state index contributed by atoms with van der Waals surface area (Å²) in [5.41, 5.74) is 1.92. The molecule has 0 saturated carbocycles. The van der Waals surface area contributed by atoms with Gasteiger partial charge in [-0.3, -0.25) is 4.79 Å². The smallest absolute Gasteiger partial charge is 0.224 e. The van der Waals surface area contributed by atoms with E-state index in [-0.39, 0.29) is 12.0 Å². The summed E-state index contributed by atoms with van der Waals surface area (Å²) in [6, 6.07) is 7.82. The molecule has 7 heteroatoms. The molecule has 0 bridgehead atoms. The van der Waals surface area contributed by atoms with Gasteiger partial charge in [-0.2, -0.15) is 0 Å². The van der Waals surface area contributed by atoms with Crippen LogP contribution in [0.3, 0.4) is 0 Å². The molecule has 1 aliphatic heterocycles. The zero-order valence-electron chi connectivity index (χ0n) is 17.1. The van der Waals surface area contributed by atoms with Gasteiger partial charge in [-0.1, -0.05) is 19.1 Å². The molecule has 1 unspecified atom stereocenters. The van der Waals surface area contributed by atoms with Gasteiger partial charge < -0.3 is 25.4 Å². The first-order valence-electron chi connectivity index (χ1n) is 10.3. The monoisotopic (exact) mass is 390 g/mol. The second-order valence-corrected chi connectivity index (χ2v) is 6.83. The summed E-state index contributed by atoms with van der Waals surface area (Å²) in [4.78, 5) is 16.3. The van der Waals surface area contributed by atoms with E-state index in [1.54, 1.807) is 0 Å². The van der Waals surface area contributed by atoms with Crippen LogP contribution in [0, 0.1) is 0 Å². The van der Waals surface area contributed by atoms with Crippen molar-refractivity contribution < 1.29 is 14.3 Å². The van der Waals surface area contributed by atoms with Crippen LogP contribution in [0.25, 0.3) is 0 Å². The Hall–Kier alpha value is -2.12. The Labute approximate surface area is 168 Å². The average Bonchev–Trinajstić information content (AvgIpc) is 3.20. The molecule has 0 radical (unpaired) electrons. The highest BCUT2D eigenvalue weighted by molar-refractivity contribution is 5.90. The normalized spacial score (nSPS) is 16.8. The van der Waals surface area contributed by atoms with Crippen LogP contribution in [0.15, 0.2) is 29.3 Å². The number of hydrogen-bond acceptors (Lipinski definition) is 4. The molecular weight excluding hydrogens is 356 g/mol. The molecule has 1 aromatic rings. The molecule has 1 aliphatic rings. The minimum absolute atomic E-state index is 0.0522. The third kappa shape index (κ3) is 8.71. The van der Waals surface area contributed by atoms with Crippen LogP contribution >= 0.6 is 0 Å². The summed E-state index contributed by atoms with van der Waals surface area (Å²) in [5, 5.41) is 9.49. The maximum atomic E-state index is 11.6. The van der Waals surface area contributed by atoms with Crippen molar-refractivity contribution in [2.24, 2.45) is 4.99 Å². The maximum Gasteiger partial charge on any atom is 0.224 e. The van der Waals surface area contributed by atoms with Gasteiger partial charge in [0.25, 0.3) is 0 Å². The second-order valence-electron chi connectivity index (χ2n) is 6.83. The Kier molecular flexibility index (Phi) is 10.4. The molecule has 1 atom stereocenters. The van der Waals surface area contributed by atoms with Crippen molar-refractivity contribution in [2.75, 3.05) is 38.2 Å². The van der Waals surface area contributed by atoms with Crippen molar-refractivity contribution in [3.8, 4) is 0 Å². The van der Waals surface area contributed by atoms with Crippen molar-refractivity contribution in [1.82, 2.24) is 10.6 Å². The van der Waals surface area contributed by atoms with Gasteiger partial charge in [0.15, 0.2) is 5.96 Å². The van der Waals surface area contributed by atoms with Gasteiger partial charge >= 0.3 is 0 Å². The molecule has 1 amide bonds. The molecule has 3 N–H and O–H groups in total. The van der Waals surface area contributed by atoms with Crippen LogP contribution in [-0.2, 0) is 20.8 Å². The van der Waals surface area contributed by atoms with Crippen molar-refractivity contribution >= 4 is 17.6 Å². The number of hydrogen-bond donors (Lipinski definition) is 3. The van der Waals surface area contributed by atoms with E-state index in [1.807, 2.05) is 38.1 Å². The number of rotatable bonds is 11. The molecule has 2 rings (SSSR count). The lowest BCUT2D eigenvalue weighted by molar-refractivity contribution is -0.116. The van der Waals surface area contributed by atoms with E-state index in [2.05, 4.69) is 20.9 Å². The fraction of sp³-hybridized carbons (Fsp3) is 0.619. The van der Waals surface area contributed by atoms with Gasteiger partial charge in [0.05, 0.1) is 19.3 Å². The van der Waals surface area contributed by atoms with Crippen LogP contribution in [0.4, 0.5) is 5.69 Å². The van der Waals surface area contributed by atoms with Gasteiger partial charge in [0, 0.05) is 38.4 Å². The number of carbonyl (C=O) groups is 1. The number of anilines is 1. The Balaban J connectivity index is 1.72. The first kappa shape index (κ1) is 22.2. The van der Waals surface area contributed by atoms with E-state index in [1.165, 1.54) is 0 Å². The summed E-state index contributed by atoms with van der Waals surface area (Å²) in [5.74, 6) is 0.850. The van der Waals surface area contributed by atoms with E-state index in [4.69, 9.17) is 9.47 Å². The van der Waals surface area contributed by atoms with Gasteiger partial charge in [-0.25, -0.2) is 4.99 Å². The van der Waals surface area contributed by atoms with Crippen molar-refractivity contribution in [3.63, 3.8) is 0 Å². The Morgan fingerprint density at radius 1 is 1.25 bits per heavy atom. The van der Waals surface area contributed by atoms with Crippen LogP contribution in [0.2, 0.25) is 0 Å². The zero-order chi connectivity index (χ0) is 20.0. The van der Waals surface area contributed by atoms with Gasteiger partial charge in [-0.05, 0) is 43.9 Å². The number of ether oxygens (including phenoxy) is 2. The van der Waals surface area contributed by atoms with Gasteiger partial charge in [0.2, 0.25) is 5.91 Å². The molecule has 1 saturated heterocycles. The average molecular weight is 391 g/mol. The first-order chi connectivity index (χ1) is 13.7. The van der Waals surface area contributed by atoms with E-state index in [9.17, 15) is 4.79 Å². The predicted octanol–water partition coefficient (Wildman–Crippen LogP) is 2.68. The fourth-order valence-corrected chi connectivity index (χ4v) is 2.83. The lowest BCUT2D eigenvalue weighted by atomic mass is 10.2. The fourth-order valence-electron chi connectivity index (χ4n) is 2.83. The summed E-state index contributed by atoms with van der Waals surface area (Å²) in [6.07, 6.45) is 3.58.